The van der Waals surface area contributed by atoms with E-state index in [1.807, 2.05) is 6.92 Å². The van der Waals surface area contributed by atoms with Crippen LogP contribution in [-0.4, -0.2) is 18.2 Å². The van der Waals surface area contributed by atoms with E-state index in [1.165, 1.54) is 0 Å². The second-order valence-electron chi connectivity index (χ2n) is 4.12. The molecule has 0 unspecified atom stereocenters. The molecule has 0 heterocycles. The highest BCUT2D eigenvalue weighted by Gasteiger charge is 2.33. The average molecular weight is 276 g/mol. The number of carboxylic acids is 1. The van der Waals surface area contributed by atoms with Crippen LogP contribution < -0.4 is 4.74 Å². The zero-order chi connectivity index (χ0) is 14.6. The van der Waals surface area contributed by atoms with Gasteiger partial charge in [-0.25, -0.2) is 4.79 Å². The first kappa shape index (κ1) is 15.3. The Balaban J connectivity index is 3.40. The fourth-order valence-corrected chi connectivity index (χ4v) is 1.80. The smallest absolute Gasteiger partial charge is 0.416 e. The van der Waals surface area contributed by atoms with E-state index >= 15 is 0 Å². The van der Waals surface area contributed by atoms with Crippen molar-refractivity contribution in [3.8, 4) is 5.75 Å². The normalized spacial score (nSPS) is 11.4. The van der Waals surface area contributed by atoms with E-state index in [2.05, 4.69) is 0 Å². The number of rotatable bonds is 5. The third-order valence-electron chi connectivity index (χ3n) is 2.74. The second-order valence-corrected chi connectivity index (χ2v) is 4.12. The Morgan fingerprint density at radius 2 is 2.00 bits per heavy atom. The lowest BCUT2D eigenvalue weighted by Crippen LogP contribution is -2.11. The summed E-state index contributed by atoms with van der Waals surface area (Å²) in [6.45, 7) is 1.88. The standard InChI is InChI=1S/C13H15F3O3/c1-3-4-5-8-6-9(13(14,15)16)7-10(19-2)11(8)12(17)18/h6-7H,3-5H2,1-2H3,(H,17,18). The number of carbonyl (C=O) groups is 1. The number of benzene rings is 1. The van der Waals surface area contributed by atoms with Gasteiger partial charge < -0.3 is 9.84 Å². The van der Waals surface area contributed by atoms with E-state index in [0.29, 0.717) is 6.42 Å². The molecule has 1 aromatic rings. The van der Waals surface area contributed by atoms with E-state index in [1.54, 1.807) is 0 Å². The largest absolute Gasteiger partial charge is 0.496 e. The van der Waals surface area contributed by atoms with Gasteiger partial charge in [-0.15, -0.1) is 0 Å². The summed E-state index contributed by atoms with van der Waals surface area (Å²) in [6.07, 6.45) is -2.87. The summed E-state index contributed by atoms with van der Waals surface area (Å²) >= 11 is 0. The predicted octanol–water partition coefficient (Wildman–Crippen LogP) is 3.75. The van der Waals surface area contributed by atoms with Gasteiger partial charge in [0.25, 0.3) is 0 Å². The maximum Gasteiger partial charge on any atom is 0.416 e. The summed E-state index contributed by atoms with van der Waals surface area (Å²) in [5.41, 5.74) is -0.926. The minimum Gasteiger partial charge on any atom is -0.496 e. The summed E-state index contributed by atoms with van der Waals surface area (Å²) in [4.78, 5) is 11.2. The van der Waals surface area contributed by atoms with Crippen LogP contribution in [0, 0.1) is 0 Å². The molecule has 0 radical (unpaired) electrons. The van der Waals surface area contributed by atoms with E-state index in [0.717, 1.165) is 25.7 Å². The molecule has 0 bridgehead atoms. The van der Waals surface area contributed by atoms with Gasteiger partial charge in [0.05, 0.1) is 12.7 Å². The number of aryl methyl sites for hydroxylation is 1. The first-order valence-electron chi connectivity index (χ1n) is 5.82. The van der Waals surface area contributed by atoms with Crippen molar-refractivity contribution >= 4 is 5.97 Å². The van der Waals surface area contributed by atoms with E-state index in [-0.39, 0.29) is 23.3 Å². The number of halogens is 3. The average Bonchev–Trinajstić information content (AvgIpc) is 2.33. The van der Waals surface area contributed by atoms with Crippen LogP contribution in [0.4, 0.5) is 13.2 Å². The van der Waals surface area contributed by atoms with Crippen LogP contribution in [0.15, 0.2) is 12.1 Å². The summed E-state index contributed by atoms with van der Waals surface area (Å²) in [5, 5.41) is 9.11. The van der Waals surface area contributed by atoms with Gasteiger partial charge in [-0.2, -0.15) is 13.2 Å². The molecule has 0 fully saturated rings. The number of aromatic carboxylic acids is 1. The first-order chi connectivity index (χ1) is 8.81. The van der Waals surface area contributed by atoms with E-state index in [9.17, 15) is 18.0 Å². The molecular weight excluding hydrogens is 261 g/mol. The van der Waals surface area contributed by atoms with Gasteiger partial charge in [0.1, 0.15) is 11.3 Å². The Labute approximate surface area is 109 Å². The molecule has 0 atom stereocenters. The van der Waals surface area contributed by atoms with Crippen LogP contribution in [0.1, 0.15) is 41.3 Å². The lowest BCUT2D eigenvalue weighted by Gasteiger charge is -2.15. The van der Waals surface area contributed by atoms with Crippen molar-refractivity contribution < 1.29 is 27.8 Å². The van der Waals surface area contributed by atoms with Gasteiger partial charge in [0.2, 0.25) is 0 Å². The Morgan fingerprint density at radius 3 is 2.42 bits per heavy atom. The molecule has 1 aromatic carbocycles. The summed E-state index contributed by atoms with van der Waals surface area (Å²) < 4.78 is 43.0. The molecule has 1 N–H and O–H groups in total. The fraction of sp³-hybridized carbons (Fsp3) is 0.462. The van der Waals surface area contributed by atoms with E-state index in [4.69, 9.17) is 9.84 Å². The Morgan fingerprint density at radius 1 is 1.37 bits per heavy atom. The molecule has 19 heavy (non-hydrogen) atoms. The van der Waals surface area contributed by atoms with Crippen LogP contribution in [0.3, 0.4) is 0 Å². The molecule has 0 aliphatic heterocycles. The summed E-state index contributed by atoms with van der Waals surface area (Å²) in [6, 6.07) is 1.61. The van der Waals surface area contributed by atoms with Gasteiger partial charge in [0, 0.05) is 0 Å². The SMILES string of the molecule is CCCCc1cc(C(F)(F)F)cc(OC)c1C(=O)O. The quantitative estimate of drug-likeness (QED) is 0.890. The van der Waals surface area contributed by atoms with Gasteiger partial charge in [0.15, 0.2) is 0 Å². The number of unbranched alkanes of at least 4 members (excludes halogenated alkanes) is 1. The minimum absolute atomic E-state index is 0.154. The maximum atomic E-state index is 12.7. The number of ether oxygens (including phenoxy) is 1. The van der Waals surface area contributed by atoms with Gasteiger partial charge in [-0.05, 0) is 30.5 Å². The maximum absolute atomic E-state index is 12.7. The van der Waals surface area contributed by atoms with Crippen LogP contribution in [0.25, 0.3) is 0 Å². The number of hydrogen-bond donors (Lipinski definition) is 1. The van der Waals surface area contributed by atoms with Crippen molar-refractivity contribution in [3.05, 3.63) is 28.8 Å². The molecule has 3 nitrogen and oxygen atoms in total. The minimum atomic E-state index is -4.52. The third kappa shape index (κ3) is 3.62. The topological polar surface area (TPSA) is 46.5 Å². The number of methoxy groups -OCH3 is 1. The molecule has 106 valence electrons. The van der Waals surface area contributed by atoms with Crippen molar-refractivity contribution in [3.63, 3.8) is 0 Å². The zero-order valence-corrected chi connectivity index (χ0v) is 10.7. The first-order valence-corrected chi connectivity index (χ1v) is 5.82. The monoisotopic (exact) mass is 276 g/mol. The molecule has 0 spiro atoms. The van der Waals surface area contributed by atoms with Gasteiger partial charge >= 0.3 is 12.1 Å². The number of carboxylic acid groups (broad SMARTS) is 1. The zero-order valence-electron chi connectivity index (χ0n) is 10.7. The van der Waals surface area contributed by atoms with Crippen molar-refractivity contribution in [2.45, 2.75) is 32.4 Å². The Bertz CT molecular complexity index is 467. The van der Waals surface area contributed by atoms with Crippen molar-refractivity contribution in [2.75, 3.05) is 7.11 Å². The third-order valence-corrected chi connectivity index (χ3v) is 2.74. The van der Waals surface area contributed by atoms with Crippen LogP contribution in [0.2, 0.25) is 0 Å². The van der Waals surface area contributed by atoms with Crippen LogP contribution >= 0.6 is 0 Å². The summed E-state index contributed by atoms with van der Waals surface area (Å²) in [5.74, 6) is -1.54. The van der Waals surface area contributed by atoms with Gasteiger partial charge in [-0.3, -0.25) is 0 Å². The molecule has 0 saturated heterocycles. The Hall–Kier alpha value is -1.72. The predicted molar refractivity (Wildman–Crippen MR) is 63.6 cm³/mol. The molecule has 0 saturated carbocycles. The van der Waals surface area contributed by atoms with Crippen molar-refractivity contribution in [2.24, 2.45) is 0 Å². The molecule has 6 heteroatoms. The molecule has 1 rings (SSSR count). The molecule has 0 aliphatic rings. The van der Waals surface area contributed by atoms with Gasteiger partial charge in [-0.1, -0.05) is 13.3 Å². The number of alkyl halides is 3. The lowest BCUT2D eigenvalue weighted by molar-refractivity contribution is -0.137. The highest BCUT2D eigenvalue weighted by Crippen LogP contribution is 2.35. The molecule has 0 aliphatic carbocycles. The Kier molecular flexibility index (Phi) is 4.80. The number of hydrogen-bond acceptors (Lipinski definition) is 2. The second kappa shape index (κ2) is 5.95. The van der Waals surface area contributed by atoms with Crippen molar-refractivity contribution in [1.29, 1.82) is 0 Å². The molecule has 0 amide bonds. The highest BCUT2D eigenvalue weighted by atomic mass is 19.4. The lowest BCUT2D eigenvalue weighted by atomic mass is 9.98. The van der Waals surface area contributed by atoms with Crippen LogP contribution in [-0.2, 0) is 12.6 Å². The molecule has 0 aromatic heterocycles. The molecular formula is C13H15F3O3. The fourth-order valence-electron chi connectivity index (χ4n) is 1.80. The summed E-state index contributed by atoms with van der Waals surface area (Å²) in [7, 11) is 1.16. The van der Waals surface area contributed by atoms with E-state index < -0.39 is 17.7 Å². The highest BCUT2D eigenvalue weighted by molar-refractivity contribution is 5.93. The van der Waals surface area contributed by atoms with Crippen molar-refractivity contribution in [1.82, 2.24) is 0 Å². The van der Waals surface area contributed by atoms with Crippen LogP contribution in [0.5, 0.6) is 5.75 Å².